The van der Waals surface area contributed by atoms with Crippen molar-refractivity contribution in [2.45, 2.75) is 39.3 Å². The maximum atomic E-state index is 12.1. The van der Waals surface area contributed by atoms with Gasteiger partial charge >= 0.3 is 0 Å². The molecule has 1 unspecified atom stereocenters. The number of nitrogens with two attached hydrogens (primary N) is 1. The lowest BCUT2D eigenvalue weighted by Crippen LogP contribution is -2.57. The topological polar surface area (TPSA) is 88.5 Å². The van der Waals surface area contributed by atoms with Crippen LogP contribution in [0.5, 0.6) is 0 Å². The zero-order valence-electron chi connectivity index (χ0n) is 13.4. The van der Waals surface area contributed by atoms with Crippen molar-refractivity contribution in [1.82, 2.24) is 19.9 Å². The van der Waals surface area contributed by atoms with E-state index < -0.39 is 5.54 Å². The molecule has 1 aromatic heterocycles. The van der Waals surface area contributed by atoms with E-state index in [1.54, 1.807) is 20.8 Å². The zero-order valence-corrected chi connectivity index (χ0v) is 15.0. The molecule has 1 amide bonds. The molecule has 128 valence electrons. The van der Waals surface area contributed by atoms with Gasteiger partial charge in [-0.1, -0.05) is 5.16 Å². The molecule has 9 heteroatoms. The summed E-state index contributed by atoms with van der Waals surface area (Å²) in [7, 11) is 0. The third-order valence-electron chi connectivity index (χ3n) is 3.60. The molecule has 22 heavy (non-hydrogen) atoms. The molecule has 0 radical (unpaired) electrons. The number of halogens is 2. The minimum absolute atomic E-state index is 0. The lowest BCUT2D eigenvalue weighted by atomic mass is 10.0. The van der Waals surface area contributed by atoms with E-state index in [-0.39, 0.29) is 36.8 Å². The summed E-state index contributed by atoms with van der Waals surface area (Å²) in [6, 6.07) is 0.0688. The van der Waals surface area contributed by atoms with Crippen LogP contribution in [0.2, 0.25) is 0 Å². The smallest absolute Gasteiger partial charge is 0.243 e. The first-order chi connectivity index (χ1) is 9.29. The predicted molar refractivity (Wildman–Crippen MR) is 88.4 cm³/mol. The summed E-state index contributed by atoms with van der Waals surface area (Å²) in [5.41, 5.74) is 5.05. The van der Waals surface area contributed by atoms with E-state index in [0.717, 1.165) is 13.1 Å². The summed E-state index contributed by atoms with van der Waals surface area (Å²) in [6.07, 6.45) is 0. The Bertz CT molecular complexity index is 481. The molecular weight excluding hydrogens is 329 g/mol. The van der Waals surface area contributed by atoms with Gasteiger partial charge in [0.05, 0.1) is 11.6 Å². The number of aryl methyl sites for hydroxylation is 1. The van der Waals surface area contributed by atoms with Crippen LogP contribution in [0.25, 0.3) is 0 Å². The molecule has 0 spiro atoms. The first-order valence-corrected chi connectivity index (χ1v) is 6.91. The van der Waals surface area contributed by atoms with Crippen LogP contribution in [0, 0.1) is 6.92 Å². The van der Waals surface area contributed by atoms with Crippen molar-refractivity contribution in [3.8, 4) is 0 Å². The third kappa shape index (κ3) is 4.81. The number of hydrogen-bond acceptors (Lipinski definition) is 6. The number of piperazine rings is 1. The van der Waals surface area contributed by atoms with Crippen LogP contribution in [0.1, 0.15) is 38.5 Å². The van der Waals surface area contributed by atoms with Crippen LogP contribution in [0.4, 0.5) is 0 Å². The molecule has 1 aliphatic rings. The van der Waals surface area contributed by atoms with Gasteiger partial charge in [0, 0.05) is 26.2 Å². The van der Waals surface area contributed by atoms with Crippen molar-refractivity contribution in [3.05, 3.63) is 11.7 Å². The highest BCUT2D eigenvalue weighted by atomic mass is 35.5. The summed E-state index contributed by atoms with van der Waals surface area (Å²) >= 11 is 0. The van der Waals surface area contributed by atoms with Gasteiger partial charge in [-0.05, 0) is 27.7 Å². The highest BCUT2D eigenvalue weighted by molar-refractivity contribution is 5.86. The summed E-state index contributed by atoms with van der Waals surface area (Å²) in [6.45, 7) is 10.2. The number of carbonyl (C=O) groups is 1. The maximum absolute atomic E-state index is 12.1. The fourth-order valence-electron chi connectivity index (χ4n) is 2.36. The molecule has 2 heterocycles. The molecule has 0 aromatic carbocycles. The van der Waals surface area contributed by atoms with Crippen LogP contribution >= 0.6 is 24.8 Å². The van der Waals surface area contributed by atoms with Gasteiger partial charge < -0.3 is 15.2 Å². The minimum Gasteiger partial charge on any atom is -0.339 e. The van der Waals surface area contributed by atoms with Crippen molar-refractivity contribution in [2.75, 3.05) is 26.2 Å². The van der Waals surface area contributed by atoms with E-state index in [0.29, 0.717) is 24.8 Å². The van der Waals surface area contributed by atoms with E-state index in [4.69, 9.17) is 10.3 Å². The van der Waals surface area contributed by atoms with E-state index >= 15 is 0 Å². The van der Waals surface area contributed by atoms with Crippen LogP contribution in [-0.4, -0.2) is 57.6 Å². The standard InChI is InChI=1S/C13H23N5O2.2ClH/c1-9(11-15-10(2)16-20-11)17-5-7-18(8-6-17)12(19)13(3,4)14;;/h9H,5-8,14H2,1-4H3;2*1H. The number of hydrogen-bond donors (Lipinski definition) is 1. The highest BCUT2D eigenvalue weighted by Gasteiger charge is 2.32. The Hall–Kier alpha value is -0.890. The van der Waals surface area contributed by atoms with Gasteiger partial charge in [0.1, 0.15) is 0 Å². The van der Waals surface area contributed by atoms with E-state index in [9.17, 15) is 4.79 Å². The number of amides is 1. The van der Waals surface area contributed by atoms with Crippen LogP contribution in [0.3, 0.4) is 0 Å². The SMILES string of the molecule is Cc1noc(C(C)N2CCN(C(=O)C(C)(C)N)CC2)n1.Cl.Cl. The van der Waals surface area contributed by atoms with Crippen molar-refractivity contribution in [2.24, 2.45) is 5.73 Å². The fourth-order valence-corrected chi connectivity index (χ4v) is 2.36. The first kappa shape index (κ1) is 21.1. The number of nitrogens with zero attached hydrogens (tertiary/aromatic N) is 4. The van der Waals surface area contributed by atoms with Crippen LogP contribution in [-0.2, 0) is 4.79 Å². The Labute approximate surface area is 143 Å². The third-order valence-corrected chi connectivity index (χ3v) is 3.60. The van der Waals surface area contributed by atoms with Gasteiger partial charge in [-0.3, -0.25) is 9.69 Å². The molecule has 1 saturated heterocycles. The Morgan fingerprint density at radius 2 is 1.82 bits per heavy atom. The Morgan fingerprint density at radius 1 is 1.27 bits per heavy atom. The summed E-state index contributed by atoms with van der Waals surface area (Å²) < 4.78 is 5.20. The summed E-state index contributed by atoms with van der Waals surface area (Å²) in [5.74, 6) is 1.27. The average molecular weight is 354 g/mol. The van der Waals surface area contributed by atoms with Crippen molar-refractivity contribution < 1.29 is 9.32 Å². The van der Waals surface area contributed by atoms with E-state index in [1.807, 2.05) is 11.8 Å². The highest BCUT2D eigenvalue weighted by Crippen LogP contribution is 2.20. The molecule has 1 atom stereocenters. The molecule has 0 aliphatic carbocycles. The van der Waals surface area contributed by atoms with Crippen LogP contribution in [0.15, 0.2) is 4.52 Å². The van der Waals surface area contributed by atoms with E-state index in [1.165, 1.54) is 0 Å². The normalized spacial score (nSPS) is 17.4. The largest absolute Gasteiger partial charge is 0.339 e. The first-order valence-electron chi connectivity index (χ1n) is 6.91. The predicted octanol–water partition coefficient (Wildman–Crippen LogP) is 1.16. The van der Waals surface area contributed by atoms with Crippen molar-refractivity contribution in [1.29, 1.82) is 0 Å². The molecule has 7 nitrogen and oxygen atoms in total. The monoisotopic (exact) mass is 353 g/mol. The summed E-state index contributed by atoms with van der Waals surface area (Å²) in [4.78, 5) is 20.4. The molecule has 1 aromatic rings. The Morgan fingerprint density at radius 3 is 2.23 bits per heavy atom. The Kier molecular flexibility index (Phi) is 7.77. The zero-order chi connectivity index (χ0) is 14.9. The summed E-state index contributed by atoms with van der Waals surface area (Å²) in [5, 5.41) is 3.81. The second kappa shape index (κ2) is 8.10. The molecule has 2 N–H and O–H groups in total. The van der Waals surface area contributed by atoms with Gasteiger partial charge in [-0.2, -0.15) is 4.98 Å². The number of rotatable bonds is 3. The maximum Gasteiger partial charge on any atom is 0.243 e. The quantitative estimate of drug-likeness (QED) is 0.877. The van der Waals surface area contributed by atoms with Gasteiger partial charge in [0.2, 0.25) is 11.8 Å². The molecule has 2 rings (SSSR count). The molecule has 0 saturated carbocycles. The van der Waals surface area contributed by atoms with E-state index in [2.05, 4.69) is 15.0 Å². The van der Waals surface area contributed by atoms with Gasteiger partial charge in [-0.25, -0.2) is 0 Å². The second-order valence-electron chi connectivity index (χ2n) is 5.91. The number of aromatic nitrogens is 2. The molecule has 0 bridgehead atoms. The second-order valence-corrected chi connectivity index (χ2v) is 5.91. The fraction of sp³-hybridized carbons (Fsp3) is 0.769. The number of carbonyl (C=O) groups excluding carboxylic acids is 1. The van der Waals surface area contributed by atoms with Crippen molar-refractivity contribution >= 4 is 30.7 Å². The van der Waals surface area contributed by atoms with Crippen molar-refractivity contribution in [3.63, 3.8) is 0 Å². The van der Waals surface area contributed by atoms with Crippen LogP contribution < -0.4 is 5.73 Å². The molecule has 1 aliphatic heterocycles. The Balaban J connectivity index is 0.00000220. The molecule has 1 fully saturated rings. The average Bonchev–Trinajstić information content (AvgIpc) is 2.83. The van der Waals surface area contributed by atoms with Gasteiger partial charge in [0.25, 0.3) is 0 Å². The minimum atomic E-state index is -0.808. The van der Waals surface area contributed by atoms with Gasteiger partial charge in [0.15, 0.2) is 5.82 Å². The molecular formula is C13H25Cl2N5O2. The lowest BCUT2D eigenvalue weighted by molar-refractivity contribution is -0.137. The van der Waals surface area contributed by atoms with Gasteiger partial charge in [-0.15, -0.1) is 24.8 Å². The lowest BCUT2D eigenvalue weighted by Gasteiger charge is -2.39.